The number of H-pyrrole nitrogens is 1. The minimum Gasteiger partial charge on any atom is -0.448 e. The van der Waals surface area contributed by atoms with Crippen molar-refractivity contribution in [2.45, 2.75) is 45.2 Å². The molecule has 10 heteroatoms. The van der Waals surface area contributed by atoms with E-state index in [0.29, 0.717) is 28.5 Å². The smallest absolute Gasteiger partial charge is 0.273 e. The van der Waals surface area contributed by atoms with Gasteiger partial charge in [-0.1, -0.05) is 32.9 Å². The summed E-state index contributed by atoms with van der Waals surface area (Å²) in [6, 6.07) is 7.11. The fourth-order valence-corrected chi connectivity index (χ4v) is 4.11. The SMILES string of the molecule is CC(C)(C)c1nc(C(=O)NCc2ccc(-c3ccnc4[nH]nc(N[C@@H]5CCNC5)c34)cc2F)co1. The van der Waals surface area contributed by atoms with Gasteiger partial charge in [-0.15, -0.1) is 0 Å². The standard InChI is InChI=1S/C25H28FN7O2/c1-25(2,3)24-31-19(13-35-24)23(34)29-11-15-5-4-14(10-18(15)26)17-7-9-28-21-20(17)22(33-32-21)30-16-6-8-27-12-16/h4-5,7,9-10,13,16,27H,6,8,11-12H2,1-3H3,(H,29,34)(H2,28,30,32,33)/t16-/m1/s1. The number of rotatable bonds is 6. The molecule has 0 aliphatic carbocycles. The van der Waals surface area contributed by atoms with E-state index in [9.17, 15) is 4.79 Å². The molecule has 9 nitrogen and oxygen atoms in total. The third-order valence-electron chi connectivity index (χ3n) is 6.04. The van der Waals surface area contributed by atoms with Gasteiger partial charge in [-0.2, -0.15) is 5.10 Å². The summed E-state index contributed by atoms with van der Waals surface area (Å²) >= 11 is 0. The summed E-state index contributed by atoms with van der Waals surface area (Å²) in [5.74, 6) is 0.343. The van der Waals surface area contributed by atoms with Crippen LogP contribution in [0.25, 0.3) is 22.2 Å². The van der Waals surface area contributed by atoms with E-state index >= 15 is 4.39 Å². The van der Waals surface area contributed by atoms with Crippen LogP contribution in [0.2, 0.25) is 0 Å². The van der Waals surface area contributed by atoms with Gasteiger partial charge in [0.1, 0.15) is 12.1 Å². The van der Waals surface area contributed by atoms with Crippen molar-refractivity contribution in [3.8, 4) is 11.1 Å². The second kappa shape index (κ2) is 9.10. The second-order valence-corrected chi connectivity index (χ2v) is 9.77. The van der Waals surface area contributed by atoms with Crippen LogP contribution in [-0.4, -0.2) is 45.2 Å². The lowest BCUT2D eigenvalue weighted by atomic mass is 9.97. The molecule has 4 heterocycles. The topological polar surface area (TPSA) is 121 Å². The summed E-state index contributed by atoms with van der Waals surface area (Å²) in [5, 5.41) is 17.7. The number of aromatic nitrogens is 4. The lowest BCUT2D eigenvalue weighted by Gasteiger charge is -2.12. The molecule has 4 N–H and O–H groups in total. The number of oxazole rings is 1. The molecule has 4 aromatic rings. The Bertz CT molecular complexity index is 1370. The maximum atomic E-state index is 15.1. The molecule has 0 bridgehead atoms. The zero-order chi connectivity index (χ0) is 24.6. The first-order valence-electron chi connectivity index (χ1n) is 11.6. The van der Waals surface area contributed by atoms with Crippen LogP contribution in [0.5, 0.6) is 0 Å². The van der Waals surface area contributed by atoms with E-state index in [0.717, 1.165) is 30.5 Å². The molecule has 1 atom stereocenters. The first-order chi connectivity index (χ1) is 16.8. The van der Waals surface area contributed by atoms with Gasteiger partial charge in [0.15, 0.2) is 23.0 Å². The molecular weight excluding hydrogens is 449 g/mol. The molecule has 1 aliphatic heterocycles. The molecule has 1 aromatic carbocycles. The zero-order valence-corrected chi connectivity index (χ0v) is 19.9. The van der Waals surface area contributed by atoms with Crippen LogP contribution in [0.1, 0.15) is 49.1 Å². The van der Waals surface area contributed by atoms with Crippen LogP contribution >= 0.6 is 0 Å². The highest BCUT2D eigenvalue weighted by molar-refractivity contribution is 6.00. The number of pyridine rings is 1. The summed E-state index contributed by atoms with van der Waals surface area (Å²) in [5.41, 5.74) is 2.39. The second-order valence-electron chi connectivity index (χ2n) is 9.77. The van der Waals surface area contributed by atoms with E-state index in [2.05, 4.69) is 36.1 Å². The van der Waals surface area contributed by atoms with E-state index in [1.807, 2.05) is 32.9 Å². The van der Waals surface area contributed by atoms with Gasteiger partial charge >= 0.3 is 0 Å². The van der Waals surface area contributed by atoms with E-state index in [-0.39, 0.29) is 23.7 Å². The summed E-state index contributed by atoms with van der Waals surface area (Å²) in [6.45, 7) is 7.70. The molecule has 1 aliphatic rings. The Hall–Kier alpha value is -3.79. The number of nitrogens with one attached hydrogen (secondary N) is 4. The fraction of sp³-hybridized carbons (Fsp3) is 0.360. The molecule has 35 heavy (non-hydrogen) atoms. The van der Waals surface area contributed by atoms with Crippen LogP contribution in [0.4, 0.5) is 10.2 Å². The third-order valence-corrected chi connectivity index (χ3v) is 6.04. The summed E-state index contributed by atoms with van der Waals surface area (Å²) in [7, 11) is 0. The Balaban J connectivity index is 1.34. The number of carbonyl (C=O) groups excluding carboxylic acids is 1. The Kier molecular flexibility index (Phi) is 5.98. The van der Waals surface area contributed by atoms with Gasteiger partial charge < -0.3 is 20.4 Å². The Morgan fingerprint density at radius 1 is 1.29 bits per heavy atom. The number of benzene rings is 1. The number of nitrogens with zero attached hydrogens (tertiary/aromatic N) is 3. The predicted octanol–water partition coefficient (Wildman–Crippen LogP) is 3.75. The lowest BCUT2D eigenvalue weighted by molar-refractivity contribution is 0.0945. The van der Waals surface area contributed by atoms with Crippen molar-refractivity contribution in [1.82, 2.24) is 30.8 Å². The maximum absolute atomic E-state index is 15.1. The van der Waals surface area contributed by atoms with Gasteiger partial charge in [0.25, 0.3) is 5.91 Å². The number of fused-ring (bicyclic) bond motifs is 1. The van der Waals surface area contributed by atoms with Gasteiger partial charge in [0, 0.05) is 36.3 Å². The van der Waals surface area contributed by atoms with Crippen molar-refractivity contribution in [2.24, 2.45) is 0 Å². The number of anilines is 1. The Morgan fingerprint density at radius 2 is 2.14 bits per heavy atom. The fourth-order valence-electron chi connectivity index (χ4n) is 4.11. The van der Waals surface area contributed by atoms with E-state index in [1.165, 1.54) is 12.3 Å². The van der Waals surface area contributed by atoms with Crippen LogP contribution in [-0.2, 0) is 12.0 Å². The Labute approximate surface area is 201 Å². The number of aromatic amines is 1. The molecule has 3 aromatic heterocycles. The number of hydrogen-bond acceptors (Lipinski definition) is 7. The molecule has 0 spiro atoms. The molecule has 182 valence electrons. The van der Waals surface area contributed by atoms with Crippen LogP contribution in [0.15, 0.2) is 41.1 Å². The van der Waals surface area contributed by atoms with Crippen molar-refractivity contribution in [2.75, 3.05) is 18.4 Å². The molecule has 1 amide bonds. The number of amides is 1. The highest BCUT2D eigenvalue weighted by atomic mass is 19.1. The van der Waals surface area contributed by atoms with Gasteiger partial charge in [-0.05, 0) is 36.2 Å². The first-order valence-corrected chi connectivity index (χ1v) is 11.6. The quantitative estimate of drug-likeness (QED) is 0.334. The first kappa shape index (κ1) is 23.0. The summed E-state index contributed by atoms with van der Waals surface area (Å²) < 4.78 is 20.5. The van der Waals surface area contributed by atoms with Gasteiger partial charge in [0.2, 0.25) is 0 Å². The van der Waals surface area contributed by atoms with Crippen LogP contribution in [0.3, 0.4) is 0 Å². The largest absolute Gasteiger partial charge is 0.448 e. The van der Waals surface area contributed by atoms with Crippen LogP contribution in [0, 0.1) is 5.82 Å². The van der Waals surface area contributed by atoms with Crippen molar-refractivity contribution >= 4 is 22.8 Å². The number of carbonyl (C=O) groups is 1. The third kappa shape index (κ3) is 4.74. The predicted molar refractivity (Wildman–Crippen MR) is 131 cm³/mol. The van der Waals surface area contributed by atoms with E-state index in [4.69, 9.17) is 4.42 Å². The average Bonchev–Trinajstić information content (AvgIpc) is 3.59. The zero-order valence-electron chi connectivity index (χ0n) is 19.9. The van der Waals surface area contributed by atoms with E-state index < -0.39 is 11.7 Å². The van der Waals surface area contributed by atoms with E-state index in [1.54, 1.807) is 12.3 Å². The Morgan fingerprint density at radius 3 is 2.86 bits per heavy atom. The van der Waals surface area contributed by atoms with Gasteiger partial charge in [0.05, 0.1) is 5.39 Å². The van der Waals surface area contributed by atoms with Crippen molar-refractivity contribution in [3.05, 3.63) is 59.7 Å². The number of halogens is 1. The normalized spacial score (nSPS) is 16.1. The minimum absolute atomic E-state index is 0.0294. The monoisotopic (exact) mass is 477 g/mol. The molecular formula is C25H28FN7O2. The molecule has 5 rings (SSSR count). The molecule has 0 radical (unpaired) electrons. The van der Waals surface area contributed by atoms with Gasteiger partial charge in [-0.25, -0.2) is 14.4 Å². The highest BCUT2D eigenvalue weighted by Crippen LogP contribution is 2.33. The highest BCUT2D eigenvalue weighted by Gasteiger charge is 2.23. The molecule has 0 saturated carbocycles. The minimum atomic E-state index is -0.418. The number of hydrogen-bond donors (Lipinski definition) is 4. The van der Waals surface area contributed by atoms with Crippen molar-refractivity contribution < 1.29 is 13.6 Å². The summed E-state index contributed by atoms with van der Waals surface area (Å²) in [6.07, 6.45) is 4.00. The molecule has 0 unspecified atom stereocenters. The maximum Gasteiger partial charge on any atom is 0.273 e. The molecule has 1 saturated heterocycles. The van der Waals surface area contributed by atoms with Crippen molar-refractivity contribution in [1.29, 1.82) is 0 Å². The van der Waals surface area contributed by atoms with Crippen LogP contribution < -0.4 is 16.0 Å². The van der Waals surface area contributed by atoms with Crippen molar-refractivity contribution in [3.63, 3.8) is 0 Å². The van der Waals surface area contributed by atoms with Gasteiger partial charge in [-0.3, -0.25) is 9.89 Å². The molecule has 1 fully saturated rings. The summed E-state index contributed by atoms with van der Waals surface area (Å²) in [4.78, 5) is 21.1. The lowest BCUT2D eigenvalue weighted by Crippen LogP contribution is -2.24. The average molecular weight is 478 g/mol.